The third kappa shape index (κ3) is 3.63. The van der Waals surface area contributed by atoms with Crippen LogP contribution in [0.1, 0.15) is 0 Å². The van der Waals surface area contributed by atoms with Crippen LogP contribution in [0.3, 0.4) is 0 Å². The van der Waals surface area contributed by atoms with E-state index in [9.17, 15) is 8.42 Å². The first-order valence-corrected chi connectivity index (χ1v) is 4.33. The van der Waals surface area contributed by atoms with Gasteiger partial charge in [0.05, 0.1) is 10.0 Å². The van der Waals surface area contributed by atoms with Crippen molar-refractivity contribution in [2.24, 2.45) is 0 Å². The minimum atomic E-state index is -3.83. The number of rotatable bonds is 1. The van der Waals surface area contributed by atoms with Crippen LogP contribution in [0.4, 0.5) is 5.69 Å². The van der Waals surface area contributed by atoms with Gasteiger partial charge in [0.15, 0.2) is 0 Å². The second kappa shape index (κ2) is 4.83. The zero-order valence-electron chi connectivity index (χ0n) is 6.61. The summed E-state index contributed by atoms with van der Waals surface area (Å²) in [5.41, 5.74) is 5.80. The molecular formula is C6H7N2O2RbS. The maximum Gasteiger partial charge on any atom is 1.00 e. The third-order valence-electron chi connectivity index (χ3n) is 1.19. The molecule has 0 aliphatic carbocycles. The Morgan fingerprint density at radius 2 is 1.58 bits per heavy atom. The Morgan fingerprint density at radius 1 is 1.17 bits per heavy atom. The van der Waals surface area contributed by atoms with Crippen molar-refractivity contribution in [1.29, 1.82) is 0 Å². The van der Waals surface area contributed by atoms with Crippen LogP contribution in [0.2, 0.25) is 0 Å². The van der Waals surface area contributed by atoms with E-state index in [1.165, 1.54) is 24.3 Å². The summed E-state index contributed by atoms with van der Waals surface area (Å²) >= 11 is 0. The Kier molecular flexibility index (Phi) is 5.12. The van der Waals surface area contributed by atoms with Gasteiger partial charge in [-0.1, -0.05) is 0 Å². The zero-order valence-corrected chi connectivity index (χ0v) is 12.3. The molecule has 0 saturated carbocycles. The molecule has 0 aliphatic heterocycles. The number of nitrogens with one attached hydrogen (secondary N) is 1. The van der Waals surface area contributed by atoms with Crippen molar-refractivity contribution in [3.05, 3.63) is 29.4 Å². The van der Waals surface area contributed by atoms with Crippen LogP contribution in [0, 0.1) is 0 Å². The summed E-state index contributed by atoms with van der Waals surface area (Å²) in [5, 5.41) is 6.67. The van der Waals surface area contributed by atoms with E-state index >= 15 is 0 Å². The molecule has 4 nitrogen and oxygen atoms in total. The fraction of sp³-hybridized carbons (Fsp3) is 0. The molecule has 1 aromatic carbocycles. The summed E-state index contributed by atoms with van der Waals surface area (Å²) in [6.07, 6.45) is 0. The quantitative estimate of drug-likeness (QED) is 0.591. The number of hydrogen-bond donors (Lipinski definition) is 1. The van der Waals surface area contributed by atoms with Crippen molar-refractivity contribution in [1.82, 2.24) is 0 Å². The molecule has 0 radical (unpaired) electrons. The minimum Gasteiger partial charge on any atom is -0.560 e. The van der Waals surface area contributed by atoms with Gasteiger partial charge >= 0.3 is 58.2 Å². The number of anilines is 1. The second-order valence-electron chi connectivity index (χ2n) is 2.07. The number of benzene rings is 1. The monoisotopic (exact) mass is 256 g/mol. The summed E-state index contributed by atoms with van der Waals surface area (Å²) in [5.74, 6) is 0. The van der Waals surface area contributed by atoms with Gasteiger partial charge < -0.3 is 10.9 Å². The fourth-order valence-electron chi connectivity index (χ4n) is 0.647. The Hall–Kier alpha value is 0.735. The fourth-order valence-corrected chi connectivity index (χ4v) is 1.14. The molecule has 0 heterocycles. The van der Waals surface area contributed by atoms with E-state index in [4.69, 9.17) is 10.9 Å². The number of hydrogen-bond acceptors (Lipinski definition) is 3. The molecule has 0 fully saturated rings. The van der Waals surface area contributed by atoms with Crippen molar-refractivity contribution in [3.8, 4) is 0 Å². The molecule has 0 unspecified atom stereocenters. The van der Waals surface area contributed by atoms with Gasteiger partial charge in [-0.15, -0.1) is 0 Å². The van der Waals surface area contributed by atoms with Crippen LogP contribution in [-0.2, 0) is 10.0 Å². The van der Waals surface area contributed by atoms with Crippen LogP contribution >= 0.6 is 0 Å². The van der Waals surface area contributed by atoms with Gasteiger partial charge in [-0.25, -0.2) is 8.42 Å². The van der Waals surface area contributed by atoms with Crippen molar-refractivity contribution >= 4 is 15.7 Å². The van der Waals surface area contributed by atoms with Gasteiger partial charge in [0.25, 0.3) is 0 Å². The van der Waals surface area contributed by atoms with E-state index in [1.54, 1.807) is 0 Å². The molecule has 0 bridgehead atoms. The molecule has 0 amide bonds. The van der Waals surface area contributed by atoms with Gasteiger partial charge in [-0.05, 0) is 24.3 Å². The molecule has 0 aromatic heterocycles. The van der Waals surface area contributed by atoms with Crippen molar-refractivity contribution in [2.45, 2.75) is 4.90 Å². The van der Waals surface area contributed by atoms with Crippen LogP contribution in [0.15, 0.2) is 29.2 Å². The Morgan fingerprint density at radius 3 is 1.92 bits per heavy atom. The second-order valence-corrected chi connectivity index (χ2v) is 3.55. The number of nitrogen functional groups attached to an aromatic ring is 1. The van der Waals surface area contributed by atoms with Crippen LogP contribution < -0.4 is 63.9 Å². The van der Waals surface area contributed by atoms with E-state index < -0.39 is 10.0 Å². The molecule has 3 N–H and O–H groups in total. The van der Waals surface area contributed by atoms with E-state index in [0.29, 0.717) is 5.69 Å². The molecule has 1 rings (SSSR count). The first-order chi connectivity index (χ1) is 5.00. The summed E-state index contributed by atoms with van der Waals surface area (Å²) in [6.45, 7) is 0. The summed E-state index contributed by atoms with van der Waals surface area (Å²) in [7, 11) is -3.83. The van der Waals surface area contributed by atoms with Crippen molar-refractivity contribution in [3.63, 3.8) is 0 Å². The maximum atomic E-state index is 10.6. The number of sulfonamides is 1. The van der Waals surface area contributed by atoms with E-state index in [-0.39, 0.29) is 63.1 Å². The standard InChI is InChI=1S/C6H7N2O2S.Rb/c7-5-1-3-6(4-2-5)11(8,9)10;/h1-4H,7H2,(H-,8,9,10);/q-1;+1. The predicted molar refractivity (Wildman–Crippen MR) is 42.4 cm³/mol. The van der Waals surface area contributed by atoms with Gasteiger partial charge in [0.1, 0.15) is 0 Å². The van der Waals surface area contributed by atoms with E-state index in [0.717, 1.165) is 0 Å². The summed E-state index contributed by atoms with van der Waals surface area (Å²) in [4.78, 5) is -0.0355. The SMILES string of the molecule is [NH-]S(=O)(=O)c1ccc(N)cc1.[Rb+]. The first kappa shape index (κ1) is 12.7. The van der Waals surface area contributed by atoms with Gasteiger partial charge in [0, 0.05) is 10.6 Å². The average Bonchev–Trinajstić information content (AvgIpc) is 1.86. The van der Waals surface area contributed by atoms with Crippen molar-refractivity contribution < 1.29 is 66.6 Å². The smallest absolute Gasteiger partial charge is 0.560 e. The Labute approximate surface area is 120 Å². The minimum absolute atomic E-state index is 0. The van der Waals surface area contributed by atoms with Crippen molar-refractivity contribution in [2.75, 3.05) is 5.73 Å². The normalized spacial score (nSPS) is 10.4. The van der Waals surface area contributed by atoms with E-state index in [1.807, 2.05) is 0 Å². The average molecular weight is 257 g/mol. The zero-order chi connectivity index (χ0) is 8.48. The van der Waals surface area contributed by atoms with Crippen LogP contribution in [0.5, 0.6) is 0 Å². The maximum absolute atomic E-state index is 10.6. The molecule has 12 heavy (non-hydrogen) atoms. The molecule has 0 spiro atoms. The topological polar surface area (TPSA) is 84.0 Å². The predicted octanol–water partition coefficient (Wildman–Crippen LogP) is -1.99. The summed E-state index contributed by atoms with van der Waals surface area (Å²) in [6, 6.07) is 5.50. The molecule has 6 heteroatoms. The van der Waals surface area contributed by atoms with E-state index in [2.05, 4.69) is 0 Å². The molecular weight excluding hydrogens is 250 g/mol. The Balaban J connectivity index is 0.00000121. The van der Waals surface area contributed by atoms with Gasteiger partial charge in [-0.3, -0.25) is 0 Å². The largest absolute Gasteiger partial charge is 1.00 e. The Bertz CT molecular complexity index is 346. The van der Waals surface area contributed by atoms with Gasteiger partial charge in [-0.2, -0.15) is 0 Å². The van der Waals surface area contributed by atoms with Gasteiger partial charge in [0.2, 0.25) is 0 Å². The molecule has 0 aliphatic rings. The van der Waals surface area contributed by atoms with Crippen LogP contribution in [0.25, 0.3) is 5.14 Å². The summed E-state index contributed by atoms with van der Waals surface area (Å²) < 4.78 is 21.1. The third-order valence-corrected chi connectivity index (χ3v) is 2.08. The molecule has 0 atom stereocenters. The number of nitrogens with two attached hydrogens (primary N) is 1. The molecule has 0 saturated heterocycles. The van der Waals surface area contributed by atoms with Crippen LogP contribution in [-0.4, -0.2) is 8.42 Å². The molecule has 1 aromatic rings. The molecule has 60 valence electrons. The first-order valence-electron chi connectivity index (χ1n) is 2.85.